The second kappa shape index (κ2) is 26.1. The van der Waals surface area contributed by atoms with E-state index in [1.165, 1.54) is 0 Å². The summed E-state index contributed by atoms with van der Waals surface area (Å²) in [6.07, 6.45) is 2.83. The molecule has 2 rings (SSSR count). The van der Waals surface area contributed by atoms with Crippen molar-refractivity contribution in [1.82, 2.24) is 0 Å². The molecule has 0 aromatic rings. The average Bonchev–Trinajstić information content (AvgIpc) is 3.75. The Morgan fingerprint density at radius 2 is 1.03 bits per heavy atom. The summed E-state index contributed by atoms with van der Waals surface area (Å²) < 4.78 is 18.6. The number of hydrogen-bond donors (Lipinski definition) is 2. The molecule has 0 unspecified atom stereocenters. The number of carbonyl (C=O) groups excluding carboxylic acids is 4. The van der Waals surface area contributed by atoms with Crippen LogP contribution in [0.1, 0.15) is 61.2 Å². The maximum atomic E-state index is 11.3. The van der Waals surface area contributed by atoms with Crippen LogP contribution < -0.4 is 18.9 Å². The third-order valence-corrected chi connectivity index (χ3v) is 6.54. The van der Waals surface area contributed by atoms with Gasteiger partial charge in [0.1, 0.15) is 6.42 Å². The van der Waals surface area contributed by atoms with Crippen molar-refractivity contribution in [2.45, 2.75) is 59.8 Å². The number of carbonyl (C=O) groups is 4. The first-order valence-corrected chi connectivity index (χ1v) is 13.9. The number of esters is 4. The molecule has 2 saturated carbocycles. The molecular formula is C23H44AlBr2LiO10. The summed E-state index contributed by atoms with van der Waals surface area (Å²) in [7, 11) is 0. The van der Waals surface area contributed by atoms with Crippen LogP contribution in [0.3, 0.4) is 0 Å². The molecule has 37 heavy (non-hydrogen) atoms. The van der Waals surface area contributed by atoms with E-state index in [0.717, 1.165) is 23.5 Å². The Hall–Kier alpha value is -0.110. The van der Waals surface area contributed by atoms with E-state index in [1.807, 2.05) is 0 Å². The van der Waals surface area contributed by atoms with E-state index in [-0.39, 0.29) is 75.9 Å². The zero-order chi connectivity index (χ0) is 27.3. The van der Waals surface area contributed by atoms with Crippen LogP contribution in [0, 0.1) is 10.8 Å². The molecule has 0 aliphatic heterocycles. The van der Waals surface area contributed by atoms with E-state index in [9.17, 15) is 19.2 Å². The normalized spacial score (nSPS) is 14.4. The fourth-order valence-corrected chi connectivity index (χ4v) is 2.24. The number of halogens is 2. The summed E-state index contributed by atoms with van der Waals surface area (Å²) >= 11 is 6.40. The van der Waals surface area contributed by atoms with Gasteiger partial charge >= 0.3 is 42.7 Å². The van der Waals surface area contributed by atoms with Crippen molar-refractivity contribution in [1.29, 1.82) is 0 Å². The molecule has 214 valence electrons. The Morgan fingerprint density at radius 1 is 0.703 bits per heavy atom. The topological polar surface area (TPSA) is 146 Å². The van der Waals surface area contributed by atoms with Crippen molar-refractivity contribution in [3.8, 4) is 0 Å². The van der Waals surface area contributed by atoms with Crippen LogP contribution in [0.2, 0.25) is 0 Å². The average molecular weight is 677 g/mol. The fraction of sp³-hybridized carbons (Fsp3) is 0.826. The molecule has 0 atom stereocenters. The Kier molecular flexibility index (Phi) is 31.0. The molecule has 10 nitrogen and oxygen atoms in total. The summed E-state index contributed by atoms with van der Waals surface area (Å²) in [6.45, 7) is 8.31. The molecule has 0 bridgehead atoms. The molecule has 14 heteroatoms. The minimum absolute atomic E-state index is 0. The predicted octanol–water partition coefficient (Wildman–Crippen LogP) is -1.14. The molecule has 2 aliphatic carbocycles. The zero-order valence-corrected chi connectivity index (χ0v) is 25.3. The first-order chi connectivity index (χ1) is 16.6. The predicted molar refractivity (Wildman–Crippen MR) is 147 cm³/mol. The van der Waals surface area contributed by atoms with Crippen LogP contribution in [0.15, 0.2) is 0 Å². The Balaban J connectivity index is -0.000000132. The van der Waals surface area contributed by atoms with Crippen LogP contribution in [-0.2, 0) is 38.1 Å². The first kappa shape index (κ1) is 43.9. The molecule has 0 spiro atoms. The molecule has 2 aliphatic rings. The van der Waals surface area contributed by atoms with Gasteiger partial charge < -0.3 is 30.6 Å². The van der Waals surface area contributed by atoms with Crippen molar-refractivity contribution >= 4 is 73.1 Å². The van der Waals surface area contributed by atoms with Gasteiger partial charge in [-0.2, -0.15) is 0 Å². The van der Waals surface area contributed by atoms with Gasteiger partial charge in [-0.05, 0) is 53.4 Å². The van der Waals surface area contributed by atoms with Crippen molar-refractivity contribution in [2.75, 3.05) is 50.3 Å². The van der Waals surface area contributed by atoms with Crippen LogP contribution in [-0.4, -0.2) is 102 Å². The molecule has 0 aromatic heterocycles. The number of ether oxygens (including phenoxy) is 4. The van der Waals surface area contributed by atoms with Crippen molar-refractivity contribution < 1.29 is 68.6 Å². The number of aliphatic hydroxyl groups excluding tert-OH is 2. The molecule has 0 saturated heterocycles. The third-order valence-electron chi connectivity index (χ3n) is 4.68. The van der Waals surface area contributed by atoms with E-state index >= 15 is 0 Å². The molecule has 0 radical (unpaired) electrons. The van der Waals surface area contributed by atoms with Crippen LogP contribution >= 0.6 is 31.9 Å². The van der Waals surface area contributed by atoms with E-state index in [1.54, 1.807) is 27.7 Å². The maximum absolute atomic E-state index is 11.3. The van der Waals surface area contributed by atoms with Gasteiger partial charge in [0.2, 0.25) is 0 Å². The molecule has 0 aromatic carbocycles. The molecular weight excluding hydrogens is 633 g/mol. The summed E-state index contributed by atoms with van der Waals surface area (Å²) in [6, 6.07) is 0. The van der Waals surface area contributed by atoms with Gasteiger partial charge in [0.05, 0.1) is 39.6 Å². The summed E-state index contributed by atoms with van der Waals surface area (Å²) in [5.41, 5.74) is -1.01. The SMILES string of the molecule is BrCCBr.CCOC(=O)[13CH2]C(=O)OCC.CCOC(=O)[13C]1(C(=O)OCC)CC1.OC[13C]1(CO)CC1.[AlH3].[H-].[Li+]. The minimum atomic E-state index is -0.952. The van der Waals surface area contributed by atoms with Crippen LogP contribution in [0.5, 0.6) is 0 Å². The summed E-state index contributed by atoms with van der Waals surface area (Å²) in [5.74, 6) is -1.95. The van der Waals surface area contributed by atoms with Gasteiger partial charge in [-0.25, -0.2) is 0 Å². The molecule has 2 N–H and O–H groups in total. The number of hydrogen-bond acceptors (Lipinski definition) is 10. The number of aliphatic hydroxyl groups is 2. The monoisotopic (exact) mass is 675 g/mol. The summed E-state index contributed by atoms with van der Waals surface area (Å²) in [4.78, 5) is 43.9. The van der Waals surface area contributed by atoms with Gasteiger partial charge in [0.15, 0.2) is 22.8 Å². The van der Waals surface area contributed by atoms with E-state index < -0.39 is 29.3 Å². The van der Waals surface area contributed by atoms with Crippen molar-refractivity contribution in [3.63, 3.8) is 0 Å². The van der Waals surface area contributed by atoms with Gasteiger partial charge in [0.25, 0.3) is 0 Å². The molecule has 0 amide bonds. The second-order valence-electron chi connectivity index (χ2n) is 7.50. The third kappa shape index (κ3) is 20.5. The van der Waals surface area contributed by atoms with Gasteiger partial charge in [-0.3, -0.25) is 19.2 Å². The fourth-order valence-electron chi connectivity index (χ4n) is 2.24. The summed E-state index contributed by atoms with van der Waals surface area (Å²) in [5, 5.41) is 19.1. The molecule has 0 heterocycles. The standard InChI is InChI=1S/C9H14O4.C7H12O4.C5H10O2.C2H4Br2.Al.Li.4H/c1-3-12-7(10)9(5-6-9)8(11)13-4-2;1-3-10-6(8)5-7(9)11-4-2;6-3-5(4-7)1-2-5;3-1-2-4;;;;;;/h3-6H2,1-2H3;3-5H2,1-2H3;6-7H,1-4H2;1-2H2;;;;;;/q;;;;;+1;;;;-1/i9+1;2*5+1;;;;;;;. The molecule has 2 fully saturated rings. The number of alkyl halides is 2. The van der Waals surface area contributed by atoms with Gasteiger partial charge in [-0.15, -0.1) is 0 Å². The Labute approximate surface area is 261 Å². The van der Waals surface area contributed by atoms with Crippen molar-refractivity contribution in [3.05, 3.63) is 0 Å². The second-order valence-corrected chi connectivity index (χ2v) is 9.09. The number of rotatable bonds is 11. The van der Waals surface area contributed by atoms with Crippen molar-refractivity contribution in [2.24, 2.45) is 10.8 Å². The maximum Gasteiger partial charge on any atom is 1.00 e. The van der Waals surface area contributed by atoms with E-state index in [2.05, 4.69) is 41.3 Å². The van der Waals surface area contributed by atoms with Crippen LogP contribution in [0.4, 0.5) is 0 Å². The quantitative estimate of drug-likeness (QED) is 0.0688. The van der Waals surface area contributed by atoms with Gasteiger partial charge in [-0.1, -0.05) is 31.9 Å². The van der Waals surface area contributed by atoms with Crippen LogP contribution in [0.25, 0.3) is 0 Å². The Bertz CT molecular complexity index is 595. The zero-order valence-electron chi connectivity index (χ0n) is 23.1. The van der Waals surface area contributed by atoms with Gasteiger partial charge in [0, 0.05) is 16.1 Å². The Morgan fingerprint density at radius 3 is 1.19 bits per heavy atom. The van der Waals surface area contributed by atoms with E-state index in [4.69, 9.17) is 19.7 Å². The van der Waals surface area contributed by atoms with E-state index in [0.29, 0.717) is 26.1 Å². The first-order valence-electron chi connectivity index (χ1n) is 11.6. The smallest absolute Gasteiger partial charge is 1.00 e. The minimum Gasteiger partial charge on any atom is -1.00 e. The largest absolute Gasteiger partial charge is 1.00 e.